The van der Waals surface area contributed by atoms with E-state index in [9.17, 15) is 9.59 Å². The maximum Gasteiger partial charge on any atom is 0.246 e. The van der Waals surface area contributed by atoms with Gasteiger partial charge in [0, 0.05) is 32.8 Å². The Hall–Kier alpha value is -1.14. The van der Waals surface area contributed by atoms with E-state index in [1.807, 2.05) is 4.90 Å². The molecule has 1 saturated heterocycles. The number of carbonyl (C=O) groups is 2. The summed E-state index contributed by atoms with van der Waals surface area (Å²) in [5, 5.41) is 2.95. The van der Waals surface area contributed by atoms with Gasteiger partial charge in [0.15, 0.2) is 0 Å². The Morgan fingerprint density at radius 1 is 1.29 bits per heavy atom. The fourth-order valence-corrected chi connectivity index (χ4v) is 3.52. The maximum atomic E-state index is 12.7. The molecule has 0 spiro atoms. The van der Waals surface area contributed by atoms with Crippen molar-refractivity contribution in [1.29, 1.82) is 0 Å². The van der Waals surface area contributed by atoms with Crippen LogP contribution in [0.4, 0.5) is 0 Å². The van der Waals surface area contributed by atoms with Crippen LogP contribution in [-0.4, -0.2) is 56.1 Å². The second-order valence-corrected chi connectivity index (χ2v) is 6.26. The number of ether oxygens (including phenoxy) is 1. The van der Waals surface area contributed by atoms with Gasteiger partial charge in [0.05, 0.1) is 5.41 Å². The molecule has 120 valence electrons. The van der Waals surface area contributed by atoms with Crippen molar-refractivity contribution >= 4 is 11.8 Å². The summed E-state index contributed by atoms with van der Waals surface area (Å²) in [6.45, 7) is 1.96. The van der Waals surface area contributed by atoms with E-state index in [2.05, 4.69) is 5.32 Å². The van der Waals surface area contributed by atoms with Crippen LogP contribution in [0.3, 0.4) is 0 Å². The lowest BCUT2D eigenvalue weighted by Gasteiger charge is -2.38. The van der Waals surface area contributed by atoms with Gasteiger partial charge in [0.1, 0.15) is 6.61 Å². The number of hydrogen-bond acceptors (Lipinski definition) is 4. The average molecular weight is 297 g/mol. The smallest absolute Gasteiger partial charge is 0.246 e. The van der Waals surface area contributed by atoms with Crippen molar-refractivity contribution in [2.75, 3.05) is 33.4 Å². The third-order valence-electron chi connectivity index (χ3n) is 4.83. The summed E-state index contributed by atoms with van der Waals surface area (Å²) in [5.41, 5.74) is 5.57. The van der Waals surface area contributed by atoms with E-state index in [0.29, 0.717) is 19.6 Å². The molecular formula is C15H27N3O3. The Kier molecular flexibility index (Phi) is 5.58. The van der Waals surface area contributed by atoms with Gasteiger partial charge in [-0.3, -0.25) is 9.59 Å². The van der Waals surface area contributed by atoms with Crippen molar-refractivity contribution in [2.45, 2.75) is 44.6 Å². The predicted molar refractivity (Wildman–Crippen MR) is 79.6 cm³/mol. The molecule has 0 radical (unpaired) electrons. The third kappa shape index (κ3) is 3.74. The van der Waals surface area contributed by atoms with Crippen LogP contribution in [0.2, 0.25) is 0 Å². The van der Waals surface area contributed by atoms with Crippen LogP contribution in [0.5, 0.6) is 0 Å². The van der Waals surface area contributed by atoms with E-state index in [-0.39, 0.29) is 29.9 Å². The van der Waals surface area contributed by atoms with Gasteiger partial charge in [-0.25, -0.2) is 0 Å². The molecule has 0 aromatic rings. The van der Waals surface area contributed by atoms with Gasteiger partial charge in [0.2, 0.25) is 11.8 Å². The van der Waals surface area contributed by atoms with Crippen LogP contribution in [0.15, 0.2) is 0 Å². The second-order valence-electron chi connectivity index (χ2n) is 6.26. The molecule has 6 heteroatoms. The Balaban J connectivity index is 1.83. The van der Waals surface area contributed by atoms with Crippen LogP contribution in [-0.2, 0) is 14.3 Å². The number of piperidine rings is 1. The van der Waals surface area contributed by atoms with E-state index < -0.39 is 0 Å². The average Bonchev–Trinajstić information content (AvgIpc) is 2.97. The topological polar surface area (TPSA) is 84.7 Å². The van der Waals surface area contributed by atoms with Gasteiger partial charge in [0.25, 0.3) is 0 Å². The first-order valence-electron chi connectivity index (χ1n) is 7.89. The minimum Gasteiger partial charge on any atom is -0.375 e. The fraction of sp³-hybridized carbons (Fsp3) is 0.867. The molecule has 2 amide bonds. The summed E-state index contributed by atoms with van der Waals surface area (Å²) >= 11 is 0. The number of nitrogens with one attached hydrogen (secondary N) is 1. The summed E-state index contributed by atoms with van der Waals surface area (Å²) in [7, 11) is 1.51. The monoisotopic (exact) mass is 297 g/mol. The first-order chi connectivity index (χ1) is 10.1. The highest BCUT2D eigenvalue weighted by Gasteiger charge is 2.42. The van der Waals surface area contributed by atoms with E-state index in [0.717, 1.165) is 38.5 Å². The highest BCUT2D eigenvalue weighted by molar-refractivity contribution is 5.83. The van der Waals surface area contributed by atoms with Crippen molar-refractivity contribution < 1.29 is 14.3 Å². The summed E-state index contributed by atoms with van der Waals surface area (Å²) in [4.78, 5) is 26.2. The molecule has 2 rings (SSSR count). The number of hydrogen-bond donors (Lipinski definition) is 2. The van der Waals surface area contributed by atoms with E-state index in [4.69, 9.17) is 10.5 Å². The first-order valence-corrected chi connectivity index (χ1v) is 7.89. The molecule has 0 atom stereocenters. The Morgan fingerprint density at radius 3 is 2.43 bits per heavy atom. The summed E-state index contributed by atoms with van der Waals surface area (Å²) in [5.74, 6) is 0.140. The van der Waals surface area contributed by atoms with E-state index in [1.54, 1.807) is 0 Å². The van der Waals surface area contributed by atoms with Gasteiger partial charge in [-0.15, -0.1) is 0 Å². The number of carbonyl (C=O) groups excluding carboxylic acids is 2. The number of rotatable bonds is 5. The van der Waals surface area contributed by atoms with Crippen molar-refractivity contribution in [1.82, 2.24) is 10.2 Å². The summed E-state index contributed by atoms with van der Waals surface area (Å²) in [6, 6.07) is 0.147. The van der Waals surface area contributed by atoms with Crippen LogP contribution in [0.25, 0.3) is 0 Å². The molecule has 0 aromatic carbocycles. The van der Waals surface area contributed by atoms with Gasteiger partial charge < -0.3 is 20.7 Å². The van der Waals surface area contributed by atoms with Crippen LogP contribution in [0.1, 0.15) is 38.5 Å². The number of nitrogens with zero attached hydrogens (tertiary/aromatic N) is 1. The molecule has 1 aliphatic carbocycles. The molecule has 1 heterocycles. The maximum absolute atomic E-state index is 12.7. The third-order valence-corrected chi connectivity index (χ3v) is 4.83. The van der Waals surface area contributed by atoms with E-state index >= 15 is 0 Å². The highest BCUT2D eigenvalue weighted by atomic mass is 16.5. The lowest BCUT2D eigenvalue weighted by Crippen LogP contribution is -2.52. The normalized spacial score (nSPS) is 22.3. The molecule has 0 unspecified atom stereocenters. The van der Waals surface area contributed by atoms with Crippen LogP contribution >= 0.6 is 0 Å². The van der Waals surface area contributed by atoms with Crippen molar-refractivity contribution in [3.8, 4) is 0 Å². The Labute approximate surface area is 126 Å². The zero-order valence-electron chi connectivity index (χ0n) is 12.9. The molecular weight excluding hydrogens is 270 g/mol. The summed E-state index contributed by atoms with van der Waals surface area (Å²) in [6.07, 6.45) is 5.67. The second kappa shape index (κ2) is 7.22. The largest absolute Gasteiger partial charge is 0.375 e. The SMILES string of the molecule is COCC(=O)NC1CCN(C(=O)C2(CN)CCCC2)CC1. The molecule has 21 heavy (non-hydrogen) atoms. The lowest BCUT2D eigenvalue weighted by atomic mass is 9.84. The lowest BCUT2D eigenvalue weighted by molar-refractivity contribution is -0.142. The quantitative estimate of drug-likeness (QED) is 0.762. The number of nitrogens with two attached hydrogens (primary N) is 1. The molecule has 1 saturated carbocycles. The fourth-order valence-electron chi connectivity index (χ4n) is 3.52. The Bertz CT molecular complexity index is 372. The molecule has 2 aliphatic rings. The zero-order valence-corrected chi connectivity index (χ0v) is 12.9. The van der Waals surface area contributed by atoms with Gasteiger partial charge in [-0.2, -0.15) is 0 Å². The van der Waals surface area contributed by atoms with Crippen molar-refractivity contribution in [2.24, 2.45) is 11.1 Å². The molecule has 2 fully saturated rings. The predicted octanol–water partition coefficient (Wildman–Crippen LogP) is 0.259. The van der Waals surface area contributed by atoms with Gasteiger partial charge >= 0.3 is 0 Å². The van der Waals surface area contributed by atoms with Crippen molar-refractivity contribution in [3.63, 3.8) is 0 Å². The van der Waals surface area contributed by atoms with Gasteiger partial charge in [-0.05, 0) is 25.7 Å². The highest BCUT2D eigenvalue weighted by Crippen LogP contribution is 2.39. The van der Waals surface area contributed by atoms with Gasteiger partial charge in [-0.1, -0.05) is 12.8 Å². The summed E-state index contributed by atoms with van der Waals surface area (Å²) < 4.78 is 4.81. The number of amides is 2. The molecule has 0 bridgehead atoms. The first kappa shape index (κ1) is 16.2. The number of methoxy groups -OCH3 is 1. The van der Waals surface area contributed by atoms with Crippen LogP contribution in [0, 0.1) is 5.41 Å². The number of likely N-dealkylation sites (tertiary alicyclic amines) is 1. The Morgan fingerprint density at radius 2 is 1.90 bits per heavy atom. The van der Waals surface area contributed by atoms with E-state index in [1.165, 1.54) is 7.11 Å². The van der Waals surface area contributed by atoms with Crippen molar-refractivity contribution in [3.05, 3.63) is 0 Å². The minimum absolute atomic E-state index is 0.0866. The van der Waals surface area contributed by atoms with Crippen LogP contribution < -0.4 is 11.1 Å². The molecule has 3 N–H and O–H groups in total. The minimum atomic E-state index is -0.313. The molecule has 6 nitrogen and oxygen atoms in total. The zero-order chi connectivity index (χ0) is 15.3. The standard InChI is InChI=1S/C15H27N3O3/c1-21-10-13(19)17-12-4-8-18(9-5-12)14(20)15(11-16)6-2-3-7-15/h12H,2-11,16H2,1H3,(H,17,19). The molecule has 1 aliphatic heterocycles. The molecule has 0 aromatic heterocycles.